The molecule has 1 atom stereocenters. The summed E-state index contributed by atoms with van der Waals surface area (Å²) in [6.45, 7) is 4.42. The third-order valence-corrected chi connectivity index (χ3v) is 4.43. The van der Waals surface area contributed by atoms with Gasteiger partial charge in [-0.15, -0.1) is 0 Å². The van der Waals surface area contributed by atoms with Crippen molar-refractivity contribution in [1.29, 1.82) is 0 Å². The third kappa shape index (κ3) is 5.96. The number of hydrogen-bond acceptors (Lipinski definition) is 5. The Morgan fingerprint density at radius 2 is 2.00 bits per heavy atom. The van der Waals surface area contributed by atoms with E-state index in [2.05, 4.69) is 5.32 Å². The number of amides is 1. The van der Waals surface area contributed by atoms with Crippen LogP contribution in [0.15, 0.2) is 42.5 Å². The molecule has 154 valence electrons. The minimum Gasteiger partial charge on any atom is -0.493 e. The van der Waals surface area contributed by atoms with Crippen molar-refractivity contribution in [1.82, 2.24) is 0 Å². The first-order valence-electron chi connectivity index (χ1n) is 9.56. The number of rotatable bonds is 8. The fraction of sp³-hybridized carbons (Fsp3) is 0.364. The first-order chi connectivity index (χ1) is 13.9. The standard InChI is InChI=1S/C22H25NO6/c1-14(2)29-20(21(24)25)12-15-4-3-5-18(11-15)23-22(26)28-13-16-6-7-19-17(10-16)8-9-27-19/h3-7,10-11,14,20H,8-9,12-13H2,1-2H3,(H,23,26)(H,24,25). The molecule has 0 bridgehead atoms. The van der Waals surface area contributed by atoms with Crippen LogP contribution >= 0.6 is 0 Å². The number of fused-ring (bicyclic) bond motifs is 1. The van der Waals surface area contributed by atoms with E-state index < -0.39 is 18.2 Å². The van der Waals surface area contributed by atoms with Gasteiger partial charge in [-0.05, 0) is 54.8 Å². The summed E-state index contributed by atoms with van der Waals surface area (Å²) in [5.74, 6) is -0.132. The van der Waals surface area contributed by atoms with Gasteiger partial charge in [0.15, 0.2) is 6.10 Å². The fourth-order valence-corrected chi connectivity index (χ4v) is 3.14. The molecule has 0 spiro atoms. The van der Waals surface area contributed by atoms with E-state index in [0.717, 1.165) is 28.9 Å². The zero-order valence-electron chi connectivity index (χ0n) is 16.5. The zero-order chi connectivity index (χ0) is 20.8. The predicted octanol–water partition coefficient (Wildman–Crippen LogP) is 3.79. The van der Waals surface area contributed by atoms with E-state index in [1.54, 1.807) is 38.1 Å². The molecule has 1 amide bonds. The monoisotopic (exact) mass is 399 g/mol. The average Bonchev–Trinajstić information content (AvgIpc) is 3.13. The van der Waals surface area contributed by atoms with Gasteiger partial charge >= 0.3 is 12.1 Å². The van der Waals surface area contributed by atoms with Gasteiger partial charge in [-0.3, -0.25) is 5.32 Å². The summed E-state index contributed by atoms with van der Waals surface area (Å²) in [7, 11) is 0. The molecule has 0 aromatic heterocycles. The molecule has 2 N–H and O–H groups in total. The maximum Gasteiger partial charge on any atom is 0.411 e. The first-order valence-corrected chi connectivity index (χ1v) is 9.56. The Morgan fingerprint density at radius 3 is 2.76 bits per heavy atom. The molecule has 0 fully saturated rings. The minimum atomic E-state index is -1.02. The van der Waals surface area contributed by atoms with Crippen molar-refractivity contribution >= 4 is 17.7 Å². The van der Waals surface area contributed by atoms with Crippen LogP contribution in [0.2, 0.25) is 0 Å². The van der Waals surface area contributed by atoms with Gasteiger partial charge < -0.3 is 19.3 Å². The molecular weight excluding hydrogens is 374 g/mol. The average molecular weight is 399 g/mol. The van der Waals surface area contributed by atoms with Crippen LogP contribution in [0.5, 0.6) is 5.75 Å². The van der Waals surface area contributed by atoms with Crippen molar-refractivity contribution in [3.05, 3.63) is 59.2 Å². The topological polar surface area (TPSA) is 94.1 Å². The molecule has 7 heteroatoms. The van der Waals surface area contributed by atoms with Crippen LogP contribution < -0.4 is 10.1 Å². The van der Waals surface area contributed by atoms with Crippen molar-refractivity contribution in [2.75, 3.05) is 11.9 Å². The smallest absolute Gasteiger partial charge is 0.411 e. The number of hydrogen-bond donors (Lipinski definition) is 2. The van der Waals surface area contributed by atoms with Gasteiger partial charge in [-0.1, -0.05) is 18.2 Å². The van der Waals surface area contributed by atoms with Crippen molar-refractivity contribution in [2.24, 2.45) is 0 Å². The predicted molar refractivity (Wildman–Crippen MR) is 107 cm³/mol. The van der Waals surface area contributed by atoms with Gasteiger partial charge in [-0.25, -0.2) is 9.59 Å². The molecule has 1 heterocycles. The van der Waals surface area contributed by atoms with Crippen LogP contribution in [0, 0.1) is 0 Å². The van der Waals surface area contributed by atoms with Gasteiger partial charge in [0.05, 0.1) is 12.7 Å². The fourth-order valence-electron chi connectivity index (χ4n) is 3.14. The molecule has 1 aliphatic rings. The molecule has 1 unspecified atom stereocenters. The quantitative estimate of drug-likeness (QED) is 0.701. The van der Waals surface area contributed by atoms with E-state index in [9.17, 15) is 14.7 Å². The number of carbonyl (C=O) groups is 2. The lowest BCUT2D eigenvalue weighted by Crippen LogP contribution is -2.29. The normalized spacial score (nSPS) is 13.5. The Balaban J connectivity index is 1.55. The summed E-state index contributed by atoms with van der Waals surface area (Å²) in [6, 6.07) is 12.7. The second kappa shape index (κ2) is 9.43. The summed E-state index contributed by atoms with van der Waals surface area (Å²) in [5, 5.41) is 12.0. The molecular formula is C22H25NO6. The lowest BCUT2D eigenvalue weighted by molar-refractivity contribution is -0.153. The summed E-state index contributed by atoms with van der Waals surface area (Å²) in [4.78, 5) is 23.5. The van der Waals surface area contributed by atoms with Crippen LogP contribution in [0.25, 0.3) is 0 Å². The van der Waals surface area contributed by atoms with Crippen LogP contribution in [0.1, 0.15) is 30.5 Å². The molecule has 0 aliphatic carbocycles. The summed E-state index contributed by atoms with van der Waals surface area (Å²) in [6.07, 6.45) is -0.652. The molecule has 2 aromatic carbocycles. The summed E-state index contributed by atoms with van der Waals surface area (Å²) in [5.41, 5.74) is 3.29. The van der Waals surface area contributed by atoms with Crippen molar-refractivity contribution in [2.45, 2.75) is 45.5 Å². The van der Waals surface area contributed by atoms with Gasteiger partial charge in [0.25, 0.3) is 0 Å². The molecule has 29 heavy (non-hydrogen) atoms. The molecule has 0 saturated carbocycles. The number of anilines is 1. The third-order valence-electron chi connectivity index (χ3n) is 4.43. The van der Waals surface area contributed by atoms with E-state index in [-0.39, 0.29) is 19.1 Å². The van der Waals surface area contributed by atoms with Crippen LogP contribution in [0.3, 0.4) is 0 Å². The lowest BCUT2D eigenvalue weighted by atomic mass is 10.1. The summed E-state index contributed by atoms with van der Waals surface area (Å²) < 4.78 is 16.2. The van der Waals surface area contributed by atoms with Gasteiger partial charge in [0.1, 0.15) is 12.4 Å². The van der Waals surface area contributed by atoms with Gasteiger partial charge in [-0.2, -0.15) is 0 Å². The molecule has 0 saturated heterocycles. The maximum absolute atomic E-state index is 12.1. The lowest BCUT2D eigenvalue weighted by Gasteiger charge is -2.17. The zero-order valence-corrected chi connectivity index (χ0v) is 16.5. The molecule has 7 nitrogen and oxygen atoms in total. The molecule has 0 radical (unpaired) electrons. The van der Waals surface area contributed by atoms with E-state index in [1.165, 1.54) is 0 Å². The molecule has 2 aromatic rings. The molecule has 3 rings (SSSR count). The second-order valence-corrected chi connectivity index (χ2v) is 7.16. The number of carboxylic acid groups (broad SMARTS) is 1. The van der Waals surface area contributed by atoms with Crippen LogP contribution in [0.4, 0.5) is 10.5 Å². The van der Waals surface area contributed by atoms with Crippen molar-refractivity contribution < 1.29 is 28.9 Å². The number of carboxylic acids is 1. The number of carbonyl (C=O) groups excluding carboxylic acids is 1. The highest BCUT2D eigenvalue weighted by Crippen LogP contribution is 2.26. The highest BCUT2D eigenvalue weighted by Gasteiger charge is 2.20. The van der Waals surface area contributed by atoms with E-state index in [1.807, 2.05) is 18.2 Å². The summed E-state index contributed by atoms with van der Waals surface area (Å²) >= 11 is 0. The van der Waals surface area contributed by atoms with Gasteiger partial charge in [0.2, 0.25) is 0 Å². The Kier molecular flexibility index (Phi) is 6.72. The number of benzene rings is 2. The maximum atomic E-state index is 12.1. The Morgan fingerprint density at radius 1 is 1.17 bits per heavy atom. The number of nitrogens with one attached hydrogen (secondary N) is 1. The van der Waals surface area contributed by atoms with Gasteiger partial charge in [0, 0.05) is 18.5 Å². The first kappa shape index (κ1) is 20.7. The van der Waals surface area contributed by atoms with Crippen molar-refractivity contribution in [3.63, 3.8) is 0 Å². The largest absolute Gasteiger partial charge is 0.493 e. The highest BCUT2D eigenvalue weighted by molar-refractivity contribution is 5.84. The number of ether oxygens (including phenoxy) is 3. The van der Waals surface area contributed by atoms with Crippen molar-refractivity contribution in [3.8, 4) is 5.75 Å². The van der Waals surface area contributed by atoms with Crippen LogP contribution in [-0.4, -0.2) is 36.0 Å². The van der Waals surface area contributed by atoms with E-state index >= 15 is 0 Å². The Hall–Kier alpha value is -3.06. The van der Waals surface area contributed by atoms with Crippen LogP contribution in [-0.2, 0) is 33.7 Å². The SMILES string of the molecule is CC(C)OC(Cc1cccc(NC(=O)OCc2ccc3c(c2)CCO3)c1)C(=O)O. The highest BCUT2D eigenvalue weighted by atomic mass is 16.5. The number of aliphatic carboxylic acids is 1. The Labute approximate surface area is 169 Å². The molecule has 1 aliphatic heterocycles. The second-order valence-electron chi connectivity index (χ2n) is 7.16. The van der Waals surface area contributed by atoms with E-state index in [0.29, 0.717) is 12.3 Å². The Bertz CT molecular complexity index is 879. The minimum absolute atomic E-state index is 0.155. The van der Waals surface area contributed by atoms with E-state index in [4.69, 9.17) is 14.2 Å².